The molecule has 38 heavy (non-hydrogen) atoms. The third-order valence-electron chi connectivity index (χ3n) is 7.51. The van der Waals surface area contributed by atoms with E-state index >= 15 is 4.57 Å². The summed E-state index contributed by atoms with van der Waals surface area (Å²) in [4.78, 5) is 0. The van der Waals surface area contributed by atoms with Gasteiger partial charge < -0.3 is 14.0 Å². The second-order valence-corrected chi connectivity index (χ2v) is 12.2. The molecule has 0 saturated heterocycles. The van der Waals surface area contributed by atoms with Gasteiger partial charge in [0.05, 0.1) is 14.2 Å². The molecule has 0 amide bonds. The zero-order valence-electron chi connectivity index (χ0n) is 21.6. The summed E-state index contributed by atoms with van der Waals surface area (Å²) >= 11 is 0. The van der Waals surface area contributed by atoms with Gasteiger partial charge in [-0.05, 0) is 46.4 Å². The lowest BCUT2D eigenvalue weighted by molar-refractivity contribution is 0.387. The maximum absolute atomic E-state index is 15.8. The normalized spacial score (nSPS) is 13.3. The highest BCUT2D eigenvalue weighted by atomic mass is 31.2. The SMILES string of the molecule is COc1cccc(OC)c1Cc1ccccc1P(=O)(c1ccccc1)c1cccc2c1Cc1ccccc1-2. The van der Waals surface area contributed by atoms with Crippen LogP contribution in [0, 0.1) is 0 Å². The number of rotatable bonds is 7. The van der Waals surface area contributed by atoms with Gasteiger partial charge in [0.1, 0.15) is 11.5 Å². The molecule has 6 rings (SSSR count). The first-order chi connectivity index (χ1) is 18.6. The Kier molecular flexibility index (Phi) is 6.39. The van der Waals surface area contributed by atoms with E-state index in [1.54, 1.807) is 14.2 Å². The summed E-state index contributed by atoms with van der Waals surface area (Å²) in [5.74, 6) is 1.51. The smallest absolute Gasteiger partial charge is 0.171 e. The first kappa shape index (κ1) is 24.3. The summed E-state index contributed by atoms with van der Waals surface area (Å²) < 4.78 is 27.2. The van der Waals surface area contributed by atoms with Gasteiger partial charge in [-0.1, -0.05) is 103 Å². The Bertz CT molecular complexity index is 1650. The number of ether oxygens (including phenoxy) is 2. The molecular weight excluding hydrogens is 487 g/mol. The Morgan fingerprint density at radius 1 is 0.632 bits per heavy atom. The lowest BCUT2D eigenvalue weighted by atomic mass is 10.0. The Balaban J connectivity index is 1.59. The first-order valence-electron chi connectivity index (χ1n) is 12.8. The Morgan fingerprint density at radius 3 is 2.00 bits per heavy atom. The van der Waals surface area contributed by atoms with Crippen molar-refractivity contribution in [2.24, 2.45) is 0 Å². The van der Waals surface area contributed by atoms with Crippen LogP contribution in [-0.2, 0) is 17.4 Å². The third-order valence-corrected chi connectivity index (χ3v) is 10.8. The third kappa shape index (κ3) is 3.95. The van der Waals surface area contributed by atoms with Gasteiger partial charge in [0.25, 0.3) is 0 Å². The van der Waals surface area contributed by atoms with Crippen LogP contribution in [0.3, 0.4) is 0 Å². The van der Waals surface area contributed by atoms with Gasteiger partial charge in [0, 0.05) is 27.9 Å². The molecule has 0 heterocycles. The molecule has 1 aliphatic rings. The summed E-state index contributed by atoms with van der Waals surface area (Å²) in [5, 5.41) is 2.60. The van der Waals surface area contributed by atoms with E-state index in [2.05, 4.69) is 48.5 Å². The summed E-state index contributed by atoms with van der Waals surface area (Å²) in [6.45, 7) is 0. The van der Waals surface area contributed by atoms with Crippen molar-refractivity contribution in [3.8, 4) is 22.6 Å². The summed E-state index contributed by atoms with van der Waals surface area (Å²) in [6.07, 6.45) is 1.32. The van der Waals surface area contributed by atoms with Gasteiger partial charge in [-0.25, -0.2) is 0 Å². The van der Waals surface area contributed by atoms with Crippen molar-refractivity contribution in [2.45, 2.75) is 12.8 Å². The lowest BCUT2D eigenvalue weighted by Gasteiger charge is -2.25. The number of fused-ring (bicyclic) bond motifs is 3. The van der Waals surface area contributed by atoms with Crippen LogP contribution in [0.1, 0.15) is 22.3 Å². The van der Waals surface area contributed by atoms with Crippen molar-refractivity contribution in [3.63, 3.8) is 0 Å². The highest BCUT2D eigenvalue weighted by Crippen LogP contribution is 2.48. The van der Waals surface area contributed by atoms with Crippen LogP contribution in [0.4, 0.5) is 0 Å². The average molecular weight is 517 g/mol. The fourth-order valence-electron chi connectivity index (χ4n) is 5.74. The predicted molar refractivity (Wildman–Crippen MR) is 156 cm³/mol. The van der Waals surface area contributed by atoms with Crippen LogP contribution >= 0.6 is 7.14 Å². The second-order valence-electron chi connectivity index (χ2n) is 9.53. The van der Waals surface area contributed by atoms with E-state index in [1.165, 1.54) is 16.7 Å². The van der Waals surface area contributed by atoms with Crippen molar-refractivity contribution < 1.29 is 14.0 Å². The van der Waals surface area contributed by atoms with Crippen LogP contribution in [0.5, 0.6) is 11.5 Å². The predicted octanol–water partition coefficient (Wildman–Crippen LogP) is 6.51. The van der Waals surface area contributed by atoms with E-state index < -0.39 is 7.14 Å². The molecule has 4 heteroatoms. The van der Waals surface area contributed by atoms with E-state index in [-0.39, 0.29) is 0 Å². The topological polar surface area (TPSA) is 35.5 Å². The molecule has 1 aliphatic carbocycles. The minimum Gasteiger partial charge on any atom is -0.496 e. The van der Waals surface area contributed by atoms with Gasteiger partial charge in [-0.15, -0.1) is 0 Å². The highest BCUT2D eigenvalue weighted by Gasteiger charge is 2.36. The monoisotopic (exact) mass is 516 g/mol. The molecule has 0 fully saturated rings. The Labute approximate surface area is 224 Å². The van der Waals surface area contributed by atoms with Crippen LogP contribution in [0.2, 0.25) is 0 Å². The molecule has 5 aromatic carbocycles. The van der Waals surface area contributed by atoms with Crippen LogP contribution in [-0.4, -0.2) is 14.2 Å². The van der Waals surface area contributed by atoms with Gasteiger partial charge in [-0.3, -0.25) is 0 Å². The zero-order chi connectivity index (χ0) is 26.1. The van der Waals surface area contributed by atoms with Gasteiger partial charge in [0.15, 0.2) is 7.14 Å². The Morgan fingerprint density at radius 2 is 1.24 bits per heavy atom. The van der Waals surface area contributed by atoms with Crippen molar-refractivity contribution >= 4 is 23.1 Å². The van der Waals surface area contributed by atoms with Crippen LogP contribution < -0.4 is 25.4 Å². The molecule has 0 bridgehead atoms. The van der Waals surface area contributed by atoms with Gasteiger partial charge in [-0.2, -0.15) is 0 Å². The molecular formula is C34H29O3P. The zero-order valence-corrected chi connectivity index (χ0v) is 22.5. The van der Waals surface area contributed by atoms with E-state index in [1.807, 2.05) is 66.7 Å². The molecule has 0 aromatic heterocycles. The molecule has 3 nitrogen and oxygen atoms in total. The van der Waals surface area contributed by atoms with E-state index in [0.717, 1.165) is 50.5 Å². The lowest BCUT2D eigenvalue weighted by Crippen LogP contribution is -2.29. The second kappa shape index (κ2) is 10.0. The summed E-state index contributed by atoms with van der Waals surface area (Å²) in [5.41, 5.74) is 6.78. The number of hydrogen-bond donors (Lipinski definition) is 0. The van der Waals surface area contributed by atoms with Crippen LogP contribution in [0.25, 0.3) is 11.1 Å². The number of methoxy groups -OCH3 is 2. The fraction of sp³-hybridized carbons (Fsp3) is 0.118. The maximum atomic E-state index is 15.8. The maximum Gasteiger partial charge on any atom is 0.171 e. The number of hydrogen-bond acceptors (Lipinski definition) is 3. The molecule has 1 atom stereocenters. The quantitative estimate of drug-likeness (QED) is 0.227. The average Bonchev–Trinajstić information content (AvgIpc) is 3.36. The minimum atomic E-state index is -3.25. The van der Waals surface area contributed by atoms with Crippen molar-refractivity contribution in [1.82, 2.24) is 0 Å². The van der Waals surface area contributed by atoms with Crippen molar-refractivity contribution in [1.29, 1.82) is 0 Å². The standard InChI is InChI=1S/C34H29O3P/c1-36-31-18-11-19-32(37-2)30(31)23-25-13-7-9-20-33(25)38(35,26-14-4-3-5-15-26)34-21-10-17-28-27-16-8-6-12-24(27)22-29(28)34/h3-21H,22-23H2,1-2H3. The van der Waals surface area contributed by atoms with Crippen molar-refractivity contribution in [3.05, 3.63) is 138 Å². The number of benzene rings is 5. The molecule has 0 aliphatic heterocycles. The van der Waals surface area contributed by atoms with Gasteiger partial charge in [0.2, 0.25) is 0 Å². The molecule has 5 aromatic rings. The molecule has 0 N–H and O–H groups in total. The summed E-state index contributed by atoms with van der Waals surface area (Å²) in [7, 11) is 0.0919. The first-order valence-corrected chi connectivity index (χ1v) is 14.5. The minimum absolute atomic E-state index is 0.537. The molecule has 188 valence electrons. The van der Waals surface area contributed by atoms with E-state index in [0.29, 0.717) is 6.42 Å². The molecule has 0 radical (unpaired) electrons. The van der Waals surface area contributed by atoms with E-state index in [9.17, 15) is 0 Å². The highest BCUT2D eigenvalue weighted by molar-refractivity contribution is 7.85. The molecule has 0 spiro atoms. The Hall–Kier alpha value is -4.07. The molecule has 1 unspecified atom stereocenters. The molecule has 0 saturated carbocycles. The van der Waals surface area contributed by atoms with Crippen LogP contribution in [0.15, 0.2) is 115 Å². The van der Waals surface area contributed by atoms with E-state index in [4.69, 9.17) is 9.47 Å². The summed E-state index contributed by atoms with van der Waals surface area (Å²) in [6, 6.07) is 38.6. The van der Waals surface area contributed by atoms with Gasteiger partial charge >= 0.3 is 0 Å². The largest absolute Gasteiger partial charge is 0.496 e. The fourth-order valence-corrected chi connectivity index (χ4v) is 8.88. The van der Waals surface area contributed by atoms with Crippen molar-refractivity contribution in [2.75, 3.05) is 14.2 Å².